The third-order valence-corrected chi connectivity index (χ3v) is 13.5. The molecule has 0 radical (unpaired) electrons. The smallest absolute Gasteiger partial charge is 0.0979 e. The summed E-state index contributed by atoms with van der Waals surface area (Å²) in [6, 6.07) is 65.5. The molecule has 4 heteroatoms. The van der Waals surface area contributed by atoms with Crippen LogP contribution in [-0.2, 0) is 5.41 Å². The molecule has 0 saturated carbocycles. The number of hydrogen-bond donors (Lipinski definition) is 0. The van der Waals surface area contributed by atoms with Crippen molar-refractivity contribution in [3.8, 4) is 55.9 Å². The molecule has 4 nitrogen and oxygen atoms in total. The molecule has 1 aliphatic rings. The third-order valence-electron chi connectivity index (χ3n) is 13.5. The van der Waals surface area contributed by atoms with Crippen LogP contribution in [0.3, 0.4) is 0 Å². The van der Waals surface area contributed by atoms with Crippen LogP contribution in [0.15, 0.2) is 194 Å². The van der Waals surface area contributed by atoms with Crippen molar-refractivity contribution in [2.24, 2.45) is 0 Å². The van der Waals surface area contributed by atoms with Gasteiger partial charge < -0.3 is 0 Å². The second-order valence-electron chi connectivity index (χ2n) is 17.4. The molecule has 2 aromatic heterocycles. The molecule has 0 spiro atoms. The van der Waals surface area contributed by atoms with E-state index in [0.717, 1.165) is 77.3 Å². The van der Waals surface area contributed by atoms with E-state index in [2.05, 4.69) is 196 Å². The Morgan fingerprint density at radius 3 is 1.03 bits per heavy atom. The molecular formula is C59H38N4. The number of aromatic nitrogens is 4. The Hall–Kier alpha value is -8.08. The van der Waals surface area contributed by atoms with Crippen LogP contribution >= 0.6 is 0 Å². The largest absolute Gasteiger partial charge is 0.252 e. The molecule has 63 heavy (non-hydrogen) atoms. The zero-order valence-corrected chi connectivity index (χ0v) is 34.8. The summed E-state index contributed by atoms with van der Waals surface area (Å²) in [7, 11) is 0. The Kier molecular flexibility index (Phi) is 7.62. The lowest BCUT2D eigenvalue weighted by atomic mass is 9.82. The van der Waals surface area contributed by atoms with Gasteiger partial charge in [0.15, 0.2) is 0 Å². The van der Waals surface area contributed by atoms with Crippen molar-refractivity contribution in [1.82, 2.24) is 19.9 Å². The van der Waals surface area contributed by atoms with Crippen LogP contribution in [0, 0.1) is 0 Å². The summed E-state index contributed by atoms with van der Waals surface area (Å²) in [6.07, 6.45) is 3.86. The van der Waals surface area contributed by atoms with Crippen molar-refractivity contribution in [2.75, 3.05) is 0 Å². The van der Waals surface area contributed by atoms with Crippen LogP contribution in [0.2, 0.25) is 0 Å². The van der Waals surface area contributed by atoms with Crippen LogP contribution in [0.4, 0.5) is 0 Å². The van der Waals surface area contributed by atoms with Crippen LogP contribution in [0.1, 0.15) is 25.0 Å². The zero-order chi connectivity index (χ0) is 41.8. The normalized spacial score (nSPS) is 13.0. The summed E-state index contributed by atoms with van der Waals surface area (Å²) in [5.74, 6) is 0. The van der Waals surface area contributed by atoms with Crippen molar-refractivity contribution in [1.29, 1.82) is 0 Å². The number of fused-ring (bicyclic) bond motifs is 15. The van der Waals surface area contributed by atoms with E-state index in [4.69, 9.17) is 19.9 Å². The Bertz CT molecular complexity index is 3580. The second-order valence-corrected chi connectivity index (χ2v) is 17.4. The zero-order valence-electron chi connectivity index (χ0n) is 34.8. The molecule has 0 bridgehead atoms. The predicted octanol–water partition coefficient (Wildman–Crippen LogP) is 15.2. The maximum atomic E-state index is 5.30. The summed E-state index contributed by atoms with van der Waals surface area (Å²) in [5.41, 5.74) is 17.3. The van der Waals surface area contributed by atoms with E-state index in [9.17, 15) is 0 Å². The summed E-state index contributed by atoms with van der Waals surface area (Å²) in [4.78, 5) is 20.7. The average Bonchev–Trinajstić information content (AvgIpc) is 3.58. The Labute approximate surface area is 364 Å². The maximum absolute atomic E-state index is 5.30. The first kappa shape index (κ1) is 35.7. The number of hydrogen-bond acceptors (Lipinski definition) is 4. The molecule has 294 valence electrons. The van der Waals surface area contributed by atoms with Crippen molar-refractivity contribution < 1.29 is 0 Å². The van der Waals surface area contributed by atoms with Crippen LogP contribution in [0.5, 0.6) is 0 Å². The van der Waals surface area contributed by atoms with Gasteiger partial charge in [-0.15, -0.1) is 0 Å². The topological polar surface area (TPSA) is 51.6 Å². The van der Waals surface area contributed by atoms with E-state index in [0.29, 0.717) is 0 Å². The quantitative estimate of drug-likeness (QED) is 0.166. The van der Waals surface area contributed by atoms with Gasteiger partial charge in [0.1, 0.15) is 0 Å². The van der Waals surface area contributed by atoms with Crippen LogP contribution < -0.4 is 0 Å². The van der Waals surface area contributed by atoms with E-state index in [1.807, 2.05) is 12.4 Å². The highest BCUT2D eigenvalue weighted by Gasteiger charge is 2.35. The molecule has 0 unspecified atom stereocenters. The first-order valence-electron chi connectivity index (χ1n) is 21.6. The van der Waals surface area contributed by atoms with Crippen molar-refractivity contribution in [3.05, 3.63) is 206 Å². The highest BCUT2D eigenvalue weighted by Crippen LogP contribution is 2.51. The molecule has 0 fully saturated rings. The van der Waals surface area contributed by atoms with Crippen molar-refractivity contribution >= 4 is 65.2 Å². The third kappa shape index (κ3) is 5.41. The fraction of sp³-hybridized carbons (Fsp3) is 0.0508. The second kappa shape index (κ2) is 13.5. The number of benzene rings is 10. The molecule has 1 aliphatic carbocycles. The van der Waals surface area contributed by atoms with E-state index in [-0.39, 0.29) is 5.41 Å². The monoisotopic (exact) mass is 802 g/mol. The van der Waals surface area contributed by atoms with Crippen LogP contribution in [-0.4, -0.2) is 19.9 Å². The fourth-order valence-corrected chi connectivity index (χ4v) is 10.4. The maximum Gasteiger partial charge on any atom is 0.0979 e. The lowest BCUT2D eigenvalue weighted by molar-refractivity contribution is 0.660. The fourth-order valence-electron chi connectivity index (χ4n) is 10.4. The van der Waals surface area contributed by atoms with E-state index in [1.165, 1.54) is 54.9 Å². The van der Waals surface area contributed by atoms with Crippen LogP contribution in [0.25, 0.3) is 121 Å². The number of rotatable bonds is 4. The summed E-state index contributed by atoms with van der Waals surface area (Å²) in [5, 5.41) is 9.27. The Morgan fingerprint density at radius 1 is 0.302 bits per heavy atom. The molecule has 10 aromatic carbocycles. The number of nitrogens with zero attached hydrogens (tertiary/aromatic N) is 4. The van der Waals surface area contributed by atoms with Gasteiger partial charge in [0.05, 0.1) is 45.8 Å². The standard InChI is InChI=1S/C59H38N4/c1-59(2)51-27-25-37(35-13-11-15-39(29-35)53-33-60-55-45-21-7-3-17-41(45)43-19-5-9-23-47(43)57(55)62-53)31-49(51)50-32-38(26-28-52(50)59)36-14-12-16-40(30-36)54-34-61-56-46-22-8-4-18-42(46)44-20-6-10-24-48(44)58(56)63-54/h3-34H,1-2H3. The van der Waals surface area contributed by atoms with Gasteiger partial charge >= 0.3 is 0 Å². The van der Waals surface area contributed by atoms with Gasteiger partial charge in [0.25, 0.3) is 0 Å². The molecule has 0 amide bonds. The molecule has 0 atom stereocenters. The molecule has 0 N–H and O–H groups in total. The SMILES string of the molecule is CC1(C)c2ccc(-c3cccc(-c4cnc5c6ccccc6c6ccccc6c5n4)c3)cc2-c2cc(-c3cccc(-c4cnc5c6ccccc6c6ccccc6c5n4)c3)ccc21. The van der Waals surface area contributed by atoms with Gasteiger partial charge in [-0.2, -0.15) is 0 Å². The molecule has 12 aromatic rings. The van der Waals surface area contributed by atoms with Gasteiger partial charge in [-0.3, -0.25) is 9.97 Å². The van der Waals surface area contributed by atoms with E-state index in [1.54, 1.807) is 0 Å². The average molecular weight is 803 g/mol. The highest BCUT2D eigenvalue weighted by molar-refractivity contribution is 6.24. The Balaban J connectivity index is 0.878. The van der Waals surface area contributed by atoms with Gasteiger partial charge in [0.2, 0.25) is 0 Å². The predicted molar refractivity (Wildman–Crippen MR) is 262 cm³/mol. The minimum Gasteiger partial charge on any atom is -0.252 e. The minimum atomic E-state index is -0.132. The Morgan fingerprint density at radius 2 is 0.635 bits per heavy atom. The molecule has 2 heterocycles. The minimum absolute atomic E-state index is 0.132. The summed E-state index contributed by atoms with van der Waals surface area (Å²) >= 11 is 0. The lowest BCUT2D eigenvalue weighted by Crippen LogP contribution is -2.14. The van der Waals surface area contributed by atoms with Gasteiger partial charge in [-0.1, -0.05) is 172 Å². The van der Waals surface area contributed by atoms with Crippen molar-refractivity contribution in [3.63, 3.8) is 0 Å². The van der Waals surface area contributed by atoms with Crippen molar-refractivity contribution in [2.45, 2.75) is 19.3 Å². The summed E-state index contributed by atoms with van der Waals surface area (Å²) in [6.45, 7) is 4.68. The van der Waals surface area contributed by atoms with E-state index >= 15 is 0 Å². The van der Waals surface area contributed by atoms with Gasteiger partial charge in [-0.05, 0) is 90.3 Å². The summed E-state index contributed by atoms with van der Waals surface area (Å²) < 4.78 is 0. The molecular weight excluding hydrogens is 765 g/mol. The molecule has 0 aliphatic heterocycles. The first-order chi connectivity index (χ1) is 31.0. The van der Waals surface area contributed by atoms with E-state index < -0.39 is 0 Å². The molecule has 13 rings (SSSR count). The van der Waals surface area contributed by atoms with Gasteiger partial charge in [0, 0.05) is 38.1 Å². The van der Waals surface area contributed by atoms with Gasteiger partial charge in [-0.25, -0.2) is 9.97 Å². The lowest BCUT2D eigenvalue weighted by Gasteiger charge is -2.21. The molecule has 0 saturated heterocycles. The highest BCUT2D eigenvalue weighted by atomic mass is 14.8. The first-order valence-corrected chi connectivity index (χ1v) is 21.6.